The molecule has 2 unspecified atom stereocenters. The number of amides is 3. The van der Waals surface area contributed by atoms with E-state index in [1.807, 2.05) is 73.7 Å². The highest BCUT2D eigenvalue weighted by molar-refractivity contribution is 6.00. The third kappa shape index (κ3) is 11.4. The summed E-state index contributed by atoms with van der Waals surface area (Å²) in [5.41, 5.74) is 2.28. The van der Waals surface area contributed by atoms with Gasteiger partial charge in [0.25, 0.3) is 5.91 Å². The van der Waals surface area contributed by atoms with Crippen LogP contribution in [0.3, 0.4) is 0 Å². The average molecular weight is 666 g/mol. The Morgan fingerprint density at radius 2 is 1.47 bits per heavy atom. The Morgan fingerprint density at radius 3 is 2.14 bits per heavy atom. The molecule has 4 aromatic rings. The van der Waals surface area contributed by atoms with Crippen LogP contribution < -0.4 is 10.6 Å². The van der Waals surface area contributed by atoms with Crippen LogP contribution in [0.5, 0.6) is 5.75 Å². The second kappa shape index (κ2) is 17.5. The van der Waals surface area contributed by atoms with Gasteiger partial charge in [0.1, 0.15) is 23.4 Å². The Labute approximate surface area is 290 Å². The second-order valence-corrected chi connectivity index (χ2v) is 13.7. The number of phenolic OH excluding ortho intramolecular Hbond substituents is 1. The molecule has 0 saturated heterocycles. The lowest BCUT2D eigenvalue weighted by molar-refractivity contribution is -0.140. The number of hydrogen-bond acceptors (Lipinski definition) is 5. The van der Waals surface area contributed by atoms with Crippen LogP contribution in [0, 0.1) is 6.92 Å². The van der Waals surface area contributed by atoms with Crippen LogP contribution in [-0.2, 0) is 20.7 Å². The fourth-order valence-corrected chi connectivity index (χ4v) is 5.85. The Morgan fingerprint density at radius 1 is 0.816 bits per heavy atom. The highest BCUT2D eigenvalue weighted by Gasteiger charge is 2.36. The number of alkyl carbamates (subject to hydrolysis) is 1. The van der Waals surface area contributed by atoms with Crippen molar-refractivity contribution in [2.24, 2.45) is 0 Å². The number of aromatic hydroxyl groups is 1. The van der Waals surface area contributed by atoms with Crippen molar-refractivity contribution in [3.8, 4) is 5.75 Å². The van der Waals surface area contributed by atoms with Gasteiger partial charge in [0.05, 0.1) is 0 Å². The molecule has 4 aromatic carbocycles. The molecule has 260 valence electrons. The first kappa shape index (κ1) is 37.0. The number of ether oxygens (including phenoxy) is 1. The fourth-order valence-electron chi connectivity index (χ4n) is 5.85. The molecule has 8 heteroatoms. The maximum Gasteiger partial charge on any atom is 0.408 e. The number of carbonyl (C=O) groups is 3. The summed E-state index contributed by atoms with van der Waals surface area (Å²) in [5.74, 6) is -0.646. The summed E-state index contributed by atoms with van der Waals surface area (Å²) in [6, 6.07) is 25.8. The number of nitrogens with zero attached hydrogens (tertiary/aromatic N) is 1. The summed E-state index contributed by atoms with van der Waals surface area (Å²) in [7, 11) is 0. The minimum atomic E-state index is -1.04. The average Bonchev–Trinajstić information content (AvgIpc) is 3.06. The molecule has 0 aliphatic rings. The van der Waals surface area contributed by atoms with Gasteiger partial charge in [0.2, 0.25) is 5.91 Å². The fraction of sp³-hybridized carbons (Fsp3) is 0.390. The van der Waals surface area contributed by atoms with Crippen LogP contribution in [0.15, 0.2) is 91.0 Å². The molecule has 0 bridgehead atoms. The number of unbranched alkanes of at least 4 members (excludes halogenated alkanes) is 5. The van der Waals surface area contributed by atoms with Crippen molar-refractivity contribution in [2.45, 2.75) is 97.2 Å². The van der Waals surface area contributed by atoms with Gasteiger partial charge in [-0.2, -0.15) is 0 Å². The van der Waals surface area contributed by atoms with E-state index in [1.54, 1.807) is 49.9 Å². The molecule has 0 aromatic heterocycles. The van der Waals surface area contributed by atoms with Crippen molar-refractivity contribution in [1.82, 2.24) is 10.2 Å². The van der Waals surface area contributed by atoms with Gasteiger partial charge in [-0.3, -0.25) is 9.59 Å². The number of aryl methyl sites for hydroxylation is 1. The molecule has 0 saturated carbocycles. The van der Waals surface area contributed by atoms with Gasteiger partial charge in [0, 0.05) is 18.7 Å². The SMILES string of the molecule is CCCCCCCCN(C(=O)C(Cc1ccc(O)cc1)NC(=O)OC(C)(C)C)C(C(=O)Nc1ccc2ccccc2c1)c1ccc(C)cc1. The largest absolute Gasteiger partial charge is 0.508 e. The van der Waals surface area contributed by atoms with E-state index in [1.165, 1.54) is 0 Å². The summed E-state index contributed by atoms with van der Waals surface area (Å²) < 4.78 is 5.57. The van der Waals surface area contributed by atoms with E-state index in [4.69, 9.17) is 4.74 Å². The third-order valence-corrected chi connectivity index (χ3v) is 8.37. The number of benzene rings is 4. The highest BCUT2D eigenvalue weighted by atomic mass is 16.6. The van der Waals surface area contributed by atoms with Crippen LogP contribution in [-0.4, -0.2) is 46.1 Å². The second-order valence-electron chi connectivity index (χ2n) is 13.7. The zero-order valence-corrected chi connectivity index (χ0v) is 29.5. The molecule has 3 N–H and O–H groups in total. The summed E-state index contributed by atoms with van der Waals surface area (Å²) in [6.45, 7) is 9.76. The van der Waals surface area contributed by atoms with E-state index in [-0.39, 0.29) is 18.1 Å². The normalized spacial score (nSPS) is 12.6. The van der Waals surface area contributed by atoms with Gasteiger partial charge in [-0.1, -0.05) is 111 Å². The molecular weight excluding hydrogens is 614 g/mol. The Hall–Kier alpha value is -4.85. The summed E-state index contributed by atoms with van der Waals surface area (Å²) in [4.78, 5) is 44.0. The number of carbonyl (C=O) groups excluding carboxylic acids is 3. The molecule has 0 aliphatic heterocycles. The predicted octanol–water partition coefficient (Wildman–Crippen LogP) is 8.86. The van der Waals surface area contributed by atoms with Crippen LogP contribution in [0.25, 0.3) is 10.8 Å². The Kier molecular flexibility index (Phi) is 13.2. The summed E-state index contributed by atoms with van der Waals surface area (Å²) in [6.07, 6.45) is 5.43. The number of nitrogens with one attached hydrogen (secondary N) is 2. The molecule has 2 atom stereocenters. The molecule has 4 rings (SSSR count). The maximum absolute atomic E-state index is 14.8. The van der Waals surface area contributed by atoms with Crippen molar-refractivity contribution in [1.29, 1.82) is 0 Å². The number of hydrogen-bond donors (Lipinski definition) is 3. The van der Waals surface area contributed by atoms with Gasteiger partial charge in [-0.15, -0.1) is 0 Å². The van der Waals surface area contributed by atoms with Gasteiger partial charge >= 0.3 is 6.09 Å². The molecule has 3 amide bonds. The topological polar surface area (TPSA) is 108 Å². The van der Waals surface area contributed by atoms with Crippen LogP contribution in [0.4, 0.5) is 10.5 Å². The van der Waals surface area contributed by atoms with Gasteiger partial charge in [-0.25, -0.2) is 4.79 Å². The van der Waals surface area contributed by atoms with E-state index in [9.17, 15) is 19.5 Å². The summed E-state index contributed by atoms with van der Waals surface area (Å²) in [5, 5.41) is 17.8. The Balaban J connectivity index is 1.73. The minimum absolute atomic E-state index is 0.0984. The van der Waals surface area contributed by atoms with Gasteiger partial charge < -0.3 is 25.4 Å². The van der Waals surface area contributed by atoms with Crippen molar-refractivity contribution in [3.05, 3.63) is 108 Å². The molecule has 0 spiro atoms. The maximum atomic E-state index is 14.8. The number of phenols is 1. The molecule has 49 heavy (non-hydrogen) atoms. The van der Waals surface area contributed by atoms with Crippen molar-refractivity contribution < 1.29 is 24.2 Å². The van der Waals surface area contributed by atoms with Crippen LogP contribution >= 0.6 is 0 Å². The van der Waals surface area contributed by atoms with Crippen LogP contribution in [0.1, 0.15) is 89.0 Å². The Bertz CT molecular complexity index is 1680. The van der Waals surface area contributed by atoms with E-state index in [0.717, 1.165) is 54.0 Å². The lowest BCUT2D eigenvalue weighted by Gasteiger charge is -2.35. The lowest BCUT2D eigenvalue weighted by atomic mass is 9.98. The number of fused-ring (bicyclic) bond motifs is 1. The van der Waals surface area contributed by atoms with Crippen molar-refractivity contribution in [3.63, 3.8) is 0 Å². The first-order valence-corrected chi connectivity index (χ1v) is 17.4. The quantitative estimate of drug-likeness (QED) is 0.110. The first-order valence-electron chi connectivity index (χ1n) is 17.4. The van der Waals surface area contributed by atoms with Crippen molar-refractivity contribution in [2.75, 3.05) is 11.9 Å². The molecule has 8 nitrogen and oxygen atoms in total. The molecular formula is C41H51N3O5. The van der Waals surface area contributed by atoms with E-state index < -0.39 is 29.7 Å². The zero-order valence-electron chi connectivity index (χ0n) is 29.5. The molecule has 0 radical (unpaired) electrons. The number of anilines is 1. The van der Waals surface area contributed by atoms with E-state index >= 15 is 0 Å². The van der Waals surface area contributed by atoms with Gasteiger partial charge in [0.15, 0.2) is 0 Å². The minimum Gasteiger partial charge on any atom is -0.508 e. The smallest absolute Gasteiger partial charge is 0.408 e. The third-order valence-electron chi connectivity index (χ3n) is 8.37. The number of rotatable bonds is 15. The summed E-state index contributed by atoms with van der Waals surface area (Å²) >= 11 is 0. The predicted molar refractivity (Wildman–Crippen MR) is 197 cm³/mol. The molecule has 0 aliphatic carbocycles. The van der Waals surface area contributed by atoms with E-state index in [0.29, 0.717) is 24.2 Å². The molecule has 0 fully saturated rings. The zero-order chi connectivity index (χ0) is 35.4. The van der Waals surface area contributed by atoms with Gasteiger partial charge in [-0.05, 0) is 80.3 Å². The lowest BCUT2D eigenvalue weighted by Crippen LogP contribution is -2.53. The first-order chi connectivity index (χ1) is 23.4. The molecule has 0 heterocycles. The van der Waals surface area contributed by atoms with Crippen LogP contribution in [0.2, 0.25) is 0 Å². The van der Waals surface area contributed by atoms with E-state index in [2.05, 4.69) is 17.6 Å². The standard InChI is InChI=1S/C41H51N3O5/c1-6-7-8-9-10-13-26-44(39(47)36(43-40(48)49-41(3,4)5)27-30-18-24-35(45)25-19-30)37(32-20-16-29(2)17-21-32)38(46)42-34-23-22-31-14-11-12-15-33(31)28-34/h11-12,14-25,28,36-37,45H,6-10,13,26-27H2,1-5H3,(H,42,46)(H,43,48). The highest BCUT2D eigenvalue weighted by Crippen LogP contribution is 2.28. The monoisotopic (exact) mass is 665 g/mol. The van der Waals surface area contributed by atoms with Crippen molar-refractivity contribution >= 4 is 34.4 Å².